The second-order valence-electron chi connectivity index (χ2n) is 3.13. The van der Waals surface area contributed by atoms with Gasteiger partial charge in [-0.2, -0.15) is 5.21 Å². The van der Waals surface area contributed by atoms with Gasteiger partial charge in [0.2, 0.25) is 0 Å². The second kappa shape index (κ2) is 3.16. The van der Waals surface area contributed by atoms with Crippen LogP contribution in [0, 0.1) is 0 Å². The second-order valence-corrected chi connectivity index (χ2v) is 3.13. The molecule has 74 valence electrons. The highest BCUT2D eigenvalue weighted by Gasteiger charge is 2.09. The van der Waals surface area contributed by atoms with E-state index in [2.05, 4.69) is 25.8 Å². The summed E-state index contributed by atoms with van der Waals surface area (Å²) in [7, 11) is 0. The molecule has 0 unspecified atom stereocenters. The van der Waals surface area contributed by atoms with Gasteiger partial charge in [0.25, 0.3) is 0 Å². The zero-order chi connectivity index (χ0) is 10.1. The Hall–Kier alpha value is -2.24. The molecule has 3 rings (SSSR count). The number of tetrazole rings is 1. The summed E-state index contributed by atoms with van der Waals surface area (Å²) in [5.74, 6) is 0.606. The van der Waals surface area contributed by atoms with Gasteiger partial charge in [-0.25, -0.2) is 0 Å². The van der Waals surface area contributed by atoms with Crippen LogP contribution in [0.1, 0.15) is 11.5 Å². The molecule has 0 spiro atoms. The molecule has 0 saturated carbocycles. The first-order valence-corrected chi connectivity index (χ1v) is 4.49. The van der Waals surface area contributed by atoms with Crippen molar-refractivity contribution in [1.29, 1.82) is 0 Å². The number of rotatable bonds is 2. The number of H-pyrrole nitrogens is 1. The van der Waals surface area contributed by atoms with Crippen molar-refractivity contribution >= 4 is 11.0 Å². The van der Waals surface area contributed by atoms with Crippen LogP contribution in [0.5, 0.6) is 0 Å². The third kappa shape index (κ3) is 1.35. The van der Waals surface area contributed by atoms with Gasteiger partial charge in [0.1, 0.15) is 0 Å². The molecule has 1 N–H and O–H groups in total. The van der Waals surface area contributed by atoms with E-state index in [0.29, 0.717) is 12.2 Å². The van der Waals surface area contributed by atoms with Crippen molar-refractivity contribution < 1.29 is 4.52 Å². The fourth-order valence-electron chi connectivity index (χ4n) is 1.47. The van der Waals surface area contributed by atoms with Gasteiger partial charge in [0.15, 0.2) is 11.4 Å². The Kier molecular flexibility index (Phi) is 1.71. The molecule has 0 aliphatic carbocycles. The number of hydrogen-bond donors (Lipinski definition) is 1. The third-order valence-electron chi connectivity index (χ3n) is 2.17. The van der Waals surface area contributed by atoms with Crippen LogP contribution in [0.2, 0.25) is 0 Å². The predicted octanol–water partition coefficient (Wildman–Crippen LogP) is 0.932. The maximum absolute atomic E-state index is 5.16. The number of nitrogens with one attached hydrogen (secondary N) is 1. The lowest BCUT2D eigenvalue weighted by atomic mass is 10.2. The molecule has 2 aromatic heterocycles. The summed E-state index contributed by atoms with van der Waals surface area (Å²) in [6.07, 6.45) is 0.521. The van der Waals surface area contributed by atoms with Crippen molar-refractivity contribution in [1.82, 2.24) is 25.8 Å². The fourth-order valence-corrected chi connectivity index (χ4v) is 1.47. The molecule has 0 saturated heterocycles. The van der Waals surface area contributed by atoms with Gasteiger partial charge in [-0.1, -0.05) is 22.5 Å². The molecule has 0 aliphatic heterocycles. The average molecular weight is 201 g/mol. The van der Waals surface area contributed by atoms with Gasteiger partial charge in [0.05, 0.1) is 12.1 Å². The maximum atomic E-state index is 5.16. The molecule has 6 heteroatoms. The highest BCUT2D eigenvalue weighted by molar-refractivity contribution is 5.79. The van der Waals surface area contributed by atoms with E-state index in [9.17, 15) is 0 Å². The molecule has 15 heavy (non-hydrogen) atoms. The van der Waals surface area contributed by atoms with Crippen molar-refractivity contribution in [3.8, 4) is 0 Å². The Morgan fingerprint density at radius 3 is 3.07 bits per heavy atom. The Bertz CT molecular complexity index is 571. The summed E-state index contributed by atoms with van der Waals surface area (Å²) in [4.78, 5) is 0. The van der Waals surface area contributed by atoms with Crippen molar-refractivity contribution in [2.75, 3.05) is 0 Å². The van der Waals surface area contributed by atoms with E-state index in [0.717, 1.165) is 16.7 Å². The minimum Gasteiger partial charge on any atom is -0.356 e. The van der Waals surface area contributed by atoms with E-state index in [1.807, 2.05) is 24.3 Å². The molecule has 1 aromatic carbocycles. The summed E-state index contributed by atoms with van der Waals surface area (Å²) in [6.45, 7) is 0. The predicted molar refractivity (Wildman–Crippen MR) is 51.0 cm³/mol. The van der Waals surface area contributed by atoms with Crippen LogP contribution in [-0.4, -0.2) is 25.8 Å². The lowest BCUT2D eigenvalue weighted by Crippen LogP contribution is -1.91. The average Bonchev–Trinajstić information content (AvgIpc) is 2.89. The summed E-state index contributed by atoms with van der Waals surface area (Å²) in [6, 6.07) is 7.69. The van der Waals surface area contributed by atoms with Crippen LogP contribution < -0.4 is 0 Å². The fraction of sp³-hybridized carbons (Fsp3) is 0.111. The van der Waals surface area contributed by atoms with Crippen LogP contribution in [0.3, 0.4) is 0 Å². The van der Waals surface area contributed by atoms with Crippen LogP contribution in [0.25, 0.3) is 11.0 Å². The Balaban J connectivity index is 2.05. The molecule has 0 aliphatic rings. The SMILES string of the molecule is c1ccc2c(Cc3nn[nH]n3)noc2c1. The minimum absolute atomic E-state index is 0.521. The molecular weight excluding hydrogens is 194 g/mol. The Morgan fingerprint density at radius 2 is 2.20 bits per heavy atom. The molecule has 0 amide bonds. The number of benzene rings is 1. The first kappa shape index (κ1) is 8.10. The summed E-state index contributed by atoms with van der Waals surface area (Å²) >= 11 is 0. The van der Waals surface area contributed by atoms with Crippen LogP contribution in [-0.2, 0) is 6.42 Å². The van der Waals surface area contributed by atoms with E-state index < -0.39 is 0 Å². The highest BCUT2D eigenvalue weighted by Crippen LogP contribution is 2.18. The van der Waals surface area contributed by atoms with Crippen molar-refractivity contribution in [2.45, 2.75) is 6.42 Å². The van der Waals surface area contributed by atoms with Crippen molar-refractivity contribution in [2.24, 2.45) is 0 Å². The highest BCUT2D eigenvalue weighted by atomic mass is 16.5. The third-order valence-corrected chi connectivity index (χ3v) is 2.17. The number of aromatic nitrogens is 5. The molecule has 6 nitrogen and oxygen atoms in total. The number of nitrogens with zero attached hydrogens (tertiary/aromatic N) is 4. The largest absolute Gasteiger partial charge is 0.356 e. The zero-order valence-electron chi connectivity index (χ0n) is 7.71. The summed E-state index contributed by atoms with van der Waals surface area (Å²) < 4.78 is 5.16. The summed E-state index contributed by atoms with van der Waals surface area (Å²) in [5, 5.41) is 18.6. The lowest BCUT2D eigenvalue weighted by Gasteiger charge is -1.89. The first-order valence-electron chi connectivity index (χ1n) is 4.49. The van der Waals surface area contributed by atoms with Crippen molar-refractivity contribution in [3.05, 3.63) is 35.8 Å². The number of aromatic amines is 1. The van der Waals surface area contributed by atoms with E-state index in [1.54, 1.807) is 0 Å². The van der Waals surface area contributed by atoms with Crippen molar-refractivity contribution in [3.63, 3.8) is 0 Å². The van der Waals surface area contributed by atoms with Gasteiger partial charge in [-0.05, 0) is 12.1 Å². The smallest absolute Gasteiger partial charge is 0.180 e. The Morgan fingerprint density at radius 1 is 1.27 bits per heavy atom. The van der Waals surface area contributed by atoms with E-state index in [4.69, 9.17) is 4.52 Å². The van der Waals surface area contributed by atoms with E-state index in [-0.39, 0.29) is 0 Å². The van der Waals surface area contributed by atoms with Gasteiger partial charge in [-0.15, -0.1) is 10.2 Å². The van der Waals surface area contributed by atoms with Gasteiger partial charge < -0.3 is 4.52 Å². The molecule has 0 atom stereocenters. The quantitative estimate of drug-likeness (QED) is 0.667. The standard InChI is InChI=1S/C9H7N5O/c1-2-4-8-6(3-1)7(12-15-8)5-9-10-13-14-11-9/h1-4H,5H2,(H,10,11,13,14). The maximum Gasteiger partial charge on any atom is 0.180 e. The lowest BCUT2D eigenvalue weighted by molar-refractivity contribution is 0.447. The molecule has 0 fully saturated rings. The van der Waals surface area contributed by atoms with Crippen LogP contribution >= 0.6 is 0 Å². The van der Waals surface area contributed by atoms with Gasteiger partial charge >= 0.3 is 0 Å². The van der Waals surface area contributed by atoms with E-state index in [1.165, 1.54) is 0 Å². The van der Waals surface area contributed by atoms with E-state index >= 15 is 0 Å². The molecule has 3 aromatic rings. The minimum atomic E-state index is 0.521. The zero-order valence-corrected chi connectivity index (χ0v) is 7.71. The van der Waals surface area contributed by atoms with Crippen LogP contribution in [0.4, 0.5) is 0 Å². The number of para-hydroxylation sites is 1. The first-order chi connectivity index (χ1) is 7.43. The molecule has 0 radical (unpaired) electrons. The van der Waals surface area contributed by atoms with Gasteiger partial charge in [0, 0.05) is 5.39 Å². The molecule has 2 heterocycles. The monoisotopic (exact) mass is 201 g/mol. The Labute approximate surface area is 84.3 Å². The number of hydrogen-bond acceptors (Lipinski definition) is 5. The molecule has 0 bridgehead atoms. The number of fused-ring (bicyclic) bond motifs is 1. The molecular formula is C9H7N5O. The van der Waals surface area contributed by atoms with Crippen LogP contribution in [0.15, 0.2) is 28.8 Å². The van der Waals surface area contributed by atoms with Gasteiger partial charge in [-0.3, -0.25) is 0 Å². The normalized spacial score (nSPS) is 10.9. The topological polar surface area (TPSA) is 80.5 Å². The summed E-state index contributed by atoms with van der Waals surface area (Å²) in [5.41, 5.74) is 1.60.